The highest BCUT2D eigenvalue weighted by Gasteiger charge is 2.40. The van der Waals surface area contributed by atoms with E-state index in [-0.39, 0.29) is 24.2 Å². The SMILES string of the molecule is COc1ccccc1N1CCN(C(NC(=O)C(C)C)C(Cl)(Cl)Cl)CC1.Cl. The maximum absolute atomic E-state index is 12.1. The first kappa shape index (κ1) is 23.4. The van der Waals surface area contributed by atoms with E-state index >= 15 is 0 Å². The highest BCUT2D eigenvalue weighted by Crippen LogP contribution is 2.34. The summed E-state index contributed by atoms with van der Waals surface area (Å²) in [4.78, 5) is 16.3. The van der Waals surface area contributed by atoms with Crippen molar-refractivity contribution >= 4 is 58.8 Å². The lowest BCUT2D eigenvalue weighted by atomic mass is 10.2. The normalized spacial score (nSPS) is 16.8. The minimum Gasteiger partial charge on any atom is -0.495 e. The summed E-state index contributed by atoms with van der Waals surface area (Å²) >= 11 is 18.4. The number of carbonyl (C=O) groups excluding carboxylic acids is 1. The average molecular weight is 445 g/mol. The minimum absolute atomic E-state index is 0. The third kappa shape index (κ3) is 5.96. The molecule has 2 rings (SSSR count). The van der Waals surface area contributed by atoms with Crippen LogP contribution in [0.5, 0.6) is 5.75 Å². The number of nitrogens with one attached hydrogen (secondary N) is 1. The van der Waals surface area contributed by atoms with Crippen LogP contribution in [0.2, 0.25) is 0 Å². The summed E-state index contributed by atoms with van der Waals surface area (Å²) in [5.74, 6) is 0.523. The minimum atomic E-state index is -1.60. The lowest BCUT2D eigenvalue weighted by Gasteiger charge is -2.42. The van der Waals surface area contributed by atoms with Gasteiger partial charge < -0.3 is 15.0 Å². The third-order valence-corrected chi connectivity index (χ3v) is 4.84. The van der Waals surface area contributed by atoms with Crippen molar-refractivity contribution in [3.63, 3.8) is 0 Å². The quantitative estimate of drug-likeness (QED) is 0.703. The summed E-state index contributed by atoms with van der Waals surface area (Å²) < 4.78 is 3.83. The molecule has 1 aliphatic heterocycles. The number of alkyl halides is 3. The average Bonchev–Trinajstić information content (AvgIpc) is 2.58. The maximum atomic E-state index is 12.1. The van der Waals surface area contributed by atoms with Gasteiger partial charge in [0.15, 0.2) is 0 Å². The number of para-hydroxylation sites is 2. The molecule has 1 aliphatic rings. The first-order valence-electron chi connectivity index (χ1n) is 8.23. The summed E-state index contributed by atoms with van der Waals surface area (Å²) in [5.41, 5.74) is 1.04. The van der Waals surface area contributed by atoms with Gasteiger partial charge in [-0.15, -0.1) is 12.4 Å². The number of amides is 1. The molecule has 1 saturated heterocycles. The number of piperazine rings is 1. The van der Waals surface area contributed by atoms with Gasteiger partial charge in [0, 0.05) is 32.1 Å². The molecule has 1 atom stereocenters. The number of hydrogen-bond donors (Lipinski definition) is 1. The molecule has 0 radical (unpaired) electrons. The van der Waals surface area contributed by atoms with Crippen LogP contribution in [0.3, 0.4) is 0 Å². The molecule has 1 N–H and O–H groups in total. The van der Waals surface area contributed by atoms with Gasteiger partial charge in [0.1, 0.15) is 11.9 Å². The molecule has 0 bridgehead atoms. The second-order valence-electron chi connectivity index (χ2n) is 6.30. The molecule has 0 saturated carbocycles. The van der Waals surface area contributed by atoms with Gasteiger partial charge in [-0.3, -0.25) is 9.69 Å². The molecule has 26 heavy (non-hydrogen) atoms. The lowest BCUT2D eigenvalue weighted by Crippen LogP contribution is -2.61. The van der Waals surface area contributed by atoms with Crippen molar-refractivity contribution in [2.45, 2.75) is 23.8 Å². The van der Waals surface area contributed by atoms with Gasteiger partial charge in [-0.2, -0.15) is 0 Å². The van der Waals surface area contributed by atoms with Crippen LogP contribution in [0, 0.1) is 5.92 Å². The smallest absolute Gasteiger partial charge is 0.223 e. The van der Waals surface area contributed by atoms with Gasteiger partial charge in [0.05, 0.1) is 12.8 Å². The molecule has 9 heteroatoms. The number of carbonyl (C=O) groups is 1. The predicted octanol–water partition coefficient (Wildman–Crippen LogP) is 3.71. The Labute approximate surface area is 176 Å². The van der Waals surface area contributed by atoms with E-state index < -0.39 is 9.96 Å². The van der Waals surface area contributed by atoms with Gasteiger partial charge in [-0.05, 0) is 12.1 Å². The molecule has 0 spiro atoms. The Hall–Kier alpha value is -0.590. The summed E-state index contributed by atoms with van der Waals surface area (Å²) in [6.45, 7) is 6.43. The fourth-order valence-corrected chi connectivity index (χ4v) is 3.37. The molecule has 148 valence electrons. The zero-order chi connectivity index (χ0) is 18.6. The molecule has 1 aromatic rings. The fraction of sp³-hybridized carbons (Fsp3) is 0.588. The maximum Gasteiger partial charge on any atom is 0.223 e. The third-order valence-electron chi connectivity index (χ3n) is 4.22. The number of rotatable bonds is 5. The monoisotopic (exact) mass is 443 g/mol. The van der Waals surface area contributed by atoms with Crippen molar-refractivity contribution in [3.05, 3.63) is 24.3 Å². The summed E-state index contributed by atoms with van der Waals surface area (Å²) in [6.07, 6.45) is -0.660. The van der Waals surface area contributed by atoms with E-state index in [1.165, 1.54) is 0 Å². The Bertz CT molecular complexity index is 588. The van der Waals surface area contributed by atoms with E-state index in [0.717, 1.165) is 24.5 Å². The largest absolute Gasteiger partial charge is 0.495 e. The van der Waals surface area contributed by atoms with Crippen LogP contribution in [0.1, 0.15) is 13.8 Å². The number of methoxy groups -OCH3 is 1. The van der Waals surface area contributed by atoms with Crippen LogP contribution in [0.15, 0.2) is 24.3 Å². The van der Waals surface area contributed by atoms with Crippen molar-refractivity contribution in [1.29, 1.82) is 0 Å². The predicted molar refractivity (Wildman–Crippen MR) is 111 cm³/mol. The second-order valence-corrected chi connectivity index (χ2v) is 8.67. The summed E-state index contributed by atoms with van der Waals surface area (Å²) in [7, 11) is 1.66. The van der Waals surface area contributed by atoms with Crippen LogP contribution in [0.25, 0.3) is 0 Å². The van der Waals surface area contributed by atoms with Crippen molar-refractivity contribution in [2.24, 2.45) is 5.92 Å². The molecule has 1 amide bonds. The number of ether oxygens (including phenoxy) is 1. The van der Waals surface area contributed by atoms with Crippen molar-refractivity contribution in [2.75, 3.05) is 38.2 Å². The molecule has 1 unspecified atom stereocenters. The molecule has 1 aromatic carbocycles. The second kappa shape index (κ2) is 10.1. The molecular weight excluding hydrogens is 420 g/mol. The number of halogens is 4. The Morgan fingerprint density at radius 2 is 1.73 bits per heavy atom. The van der Waals surface area contributed by atoms with E-state index in [0.29, 0.717) is 13.1 Å². The number of benzene rings is 1. The van der Waals surface area contributed by atoms with E-state index in [1.54, 1.807) is 7.11 Å². The highest BCUT2D eigenvalue weighted by atomic mass is 35.6. The summed E-state index contributed by atoms with van der Waals surface area (Å²) in [5, 5.41) is 2.85. The number of nitrogens with zero attached hydrogens (tertiary/aromatic N) is 2. The number of anilines is 1. The van der Waals surface area contributed by atoms with Crippen molar-refractivity contribution in [3.8, 4) is 5.75 Å². The topological polar surface area (TPSA) is 44.8 Å². The van der Waals surface area contributed by atoms with Gasteiger partial charge in [-0.1, -0.05) is 60.8 Å². The molecule has 1 heterocycles. The standard InChI is InChI=1S/C17H24Cl3N3O2.ClH/c1-12(2)15(24)21-16(17(18,19)20)23-10-8-22(9-11-23)13-6-4-5-7-14(13)25-3;/h4-7,12,16H,8-11H2,1-3H3,(H,21,24);1H. The van der Waals surface area contributed by atoms with E-state index in [2.05, 4.69) is 10.2 Å². The van der Waals surface area contributed by atoms with Crippen LogP contribution >= 0.6 is 47.2 Å². The first-order valence-corrected chi connectivity index (χ1v) is 9.36. The fourth-order valence-electron chi connectivity index (χ4n) is 2.79. The summed E-state index contributed by atoms with van der Waals surface area (Å²) in [6, 6.07) is 7.90. The van der Waals surface area contributed by atoms with E-state index in [9.17, 15) is 4.79 Å². The van der Waals surface area contributed by atoms with Gasteiger partial charge in [0.2, 0.25) is 9.70 Å². The van der Waals surface area contributed by atoms with Gasteiger partial charge in [-0.25, -0.2) is 0 Å². The lowest BCUT2D eigenvalue weighted by molar-refractivity contribution is -0.126. The zero-order valence-electron chi connectivity index (χ0n) is 15.0. The zero-order valence-corrected chi connectivity index (χ0v) is 18.1. The Balaban J connectivity index is 0.00000338. The van der Waals surface area contributed by atoms with Crippen molar-refractivity contribution < 1.29 is 9.53 Å². The van der Waals surface area contributed by atoms with Crippen molar-refractivity contribution in [1.82, 2.24) is 10.2 Å². The molecular formula is C17H25Cl4N3O2. The van der Waals surface area contributed by atoms with Crippen LogP contribution < -0.4 is 15.0 Å². The molecule has 0 aliphatic carbocycles. The molecule has 0 aromatic heterocycles. The Kier molecular flexibility index (Phi) is 9.10. The van der Waals surface area contributed by atoms with Crippen LogP contribution in [-0.4, -0.2) is 54.1 Å². The number of hydrogen-bond acceptors (Lipinski definition) is 4. The van der Waals surface area contributed by atoms with E-state index in [4.69, 9.17) is 39.5 Å². The highest BCUT2D eigenvalue weighted by molar-refractivity contribution is 6.68. The van der Waals surface area contributed by atoms with Gasteiger partial charge >= 0.3 is 0 Å². The molecule has 1 fully saturated rings. The van der Waals surface area contributed by atoms with Crippen LogP contribution in [0.4, 0.5) is 5.69 Å². The van der Waals surface area contributed by atoms with Gasteiger partial charge in [0.25, 0.3) is 0 Å². The Morgan fingerprint density at radius 1 is 1.15 bits per heavy atom. The Morgan fingerprint density at radius 3 is 2.23 bits per heavy atom. The molecule has 5 nitrogen and oxygen atoms in total. The van der Waals surface area contributed by atoms with E-state index in [1.807, 2.05) is 43.0 Å². The van der Waals surface area contributed by atoms with Crippen LogP contribution in [-0.2, 0) is 4.79 Å². The first-order chi connectivity index (χ1) is 11.7.